The number of nitrogens with one attached hydrogen (secondary N) is 1. The molecule has 3 aromatic heterocycles. The van der Waals surface area contributed by atoms with Crippen LogP contribution < -0.4 is 14.5 Å². The summed E-state index contributed by atoms with van der Waals surface area (Å²) in [5.74, 6) is 1.53. The highest BCUT2D eigenvalue weighted by atomic mass is 35.5. The molecular formula is C17H17ClN6O2S2. The fraction of sp³-hybridized carbons (Fsp3) is 0.235. The van der Waals surface area contributed by atoms with Crippen molar-refractivity contribution in [3.8, 4) is 0 Å². The van der Waals surface area contributed by atoms with E-state index in [1.54, 1.807) is 12.3 Å². The van der Waals surface area contributed by atoms with Gasteiger partial charge in [0.15, 0.2) is 0 Å². The van der Waals surface area contributed by atoms with Crippen LogP contribution in [0.2, 0.25) is 4.34 Å². The van der Waals surface area contributed by atoms with Crippen LogP contribution in [0.25, 0.3) is 0 Å². The summed E-state index contributed by atoms with van der Waals surface area (Å²) in [5.41, 5.74) is 0.306. The zero-order valence-electron chi connectivity index (χ0n) is 14.7. The number of piperazine rings is 1. The van der Waals surface area contributed by atoms with Gasteiger partial charge in [-0.25, -0.2) is 23.4 Å². The molecule has 4 heterocycles. The lowest BCUT2D eigenvalue weighted by molar-refractivity contribution is 0.603. The molecule has 0 aliphatic carbocycles. The van der Waals surface area contributed by atoms with E-state index in [2.05, 4.69) is 29.5 Å². The number of thiophene rings is 1. The number of hydrogen-bond acceptors (Lipinski definition) is 8. The van der Waals surface area contributed by atoms with Crippen molar-refractivity contribution in [1.29, 1.82) is 0 Å². The van der Waals surface area contributed by atoms with Crippen LogP contribution in [0, 0.1) is 0 Å². The largest absolute Gasteiger partial charge is 0.353 e. The Morgan fingerprint density at radius 3 is 2.29 bits per heavy atom. The molecule has 1 aliphatic rings. The van der Waals surface area contributed by atoms with Crippen LogP contribution in [0.5, 0.6) is 0 Å². The van der Waals surface area contributed by atoms with Crippen molar-refractivity contribution in [2.75, 3.05) is 40.7 Å². The van der Waals surface area contributed by atoms with E-state index in [9.17, 15) is 8.42 Å². The summed E-state index contributed by atoms with van der Waals surface area (Å²) >= 11 is 6.81. The molecule has 0 saturated carbocycles. The first-order chi connectivity index (χ1) is 13.5. The first kappa shape index (κ1) is 18.9. The summed E-state index contributed by atoms with van der Waals surface area (Å²) in [7, 11) is -3.69. The van der Waals surface area contributed by atoms with Gasteiger partial charge < -0.3 is 9.80 Å². The normalized spacial score (nSPS) is 14.9. The molecule has 1 aliphatic heterocycles. The average molecular weight is 437 g/mol. The van der Waals surface area contributed by atoms with Gasteiger partial charge in [-0.3, -0.25) is 4.72 Å². The van der Waals surface area contributed by atoms with Gasteiger partial charge in [-0.1, -0.05) is 17.7 Å². The van der Waals surface area contributed by atoms with E-state index >= 15 is 0 Å². The van der Waals surface area contributed by atoms with E-state index in [4.69, 9.17) is 11.6 Å². The summed E-state index contributed by atoms with van der Waals surface area (Å²) in [6.45, 7) is 3.15. The molecule has 1 saturated heterocycles. The molecule has 146 valence electrons. The molecule has 0 spiro atoms. The number of anilines is 3. The minimum atomic E-state index is -3.69. The van der Waals surface area contributed by atoms with Crippen LogP contribution in [0.1, 0.15) is 0 Å². The number of pyridine rings is 1. The first-order valence-corrected chi connectivity index (χ1v) is 11.2. The number of aromatic nitrogens is 3. The van der Waals surface area contributed by atoms with E-state index in [1.807, 2.05) is 18.2 Å². The highest BCUT2D eigenvalue weighted by Gasteiger charge is 2.21. The van der Waals surface area contributed by atoms with Gasteiger partial charge >= 0.3 is 0 Å². The van der Waals surface area contributed by atoms with Crippen molar-refractivity contribution in [2.24, 2.45) is 0 Å². The Morgan fingerprint density at radius 1 is 0.964 bits per heavy atom. The zero-order valence-corrected chi connectivity index (χ0v) is 17.1. The third-order valence-corrected chi connectivity index (χ3v) is 7.34. The number of rotatable bonds is 5. The number of hydrogen-bond donors (Lipinski definition) is 1. The van der Waals surface area contributed by atoms with Crippen LogP contribution in [-0.2, 0) is 10.0 Å². The molecule has 1 fully saturated rings. The topological polar surface area (TPSA) is 91.3 Å². The maximum absolute atomic E-state index is 12.3. The second-order valence-electron chi connectivity index (χ2n) is 6.10. The van der Waals surface area contributed by atoms with Crippen molar-refractivity contribution >= 4 is 50.4 Å². The summed E-state index contributed by atoms with van der Waals surface area (Å²) < 4.78 is 27.7. The minimum Gasteiger partial charge on any atom is -0.353 e. The third kappa shape index (κ3) is 4.18. The molecule has 0 amide bonds. The third-order valence-electron chi connectivity index (χ3n) is 4.24. The van der Waals surface area contributed by atoms with E-state index in [-0.39, 0.29) is 4.21 Å². The van der Waals surface area contributed by atoms with Gasteiger partial charge in [-0.05, 0) is 24.3 Å². The predicted molar refractivity (Wildman–Crippen MR) is 111 cm³/mol. The first-order valence-electron chi connectivity index (χ1n) is 8.52. The fourth-order valence-electron chi connectivity index (χ4n) is 2.86. The number of nitrogens with zero attached hydrogens (tertiary/aromatic N) is 5. The highest BCUT2D eigenvalue weighted by molar-refractivity contribution is 7.94. The van der Waals surface area contributed by atoms with Crippen molar-refractivity contribution < 1.29 is 8.42 Å². The molecule has 0 bridgehead atoms. The van der Waals surface area contributed by atoms with Crippen LogP contribution in [0.3, 0.4) is 0 Å². The summed E-state index contributed by atoms with van der Waals surface area (Å²) in [6, 6.07) is 8.88. The van der Waals surface area contributed by atoms with Crippen LogP contribution >= 0.6 is 22.9 Å². The molecule has 0 atom stereocenters. The van der Waals surface area contributed by atoms with Crippen LogP contribution in [0.4, 0.5) is 17.5 Å². The van der Waals surface area contributed by atoms with Crippen molar-refractivity contribution in [3.63, 3.8) is 0 Å². The predicted octanol–water partition coefficient (Wildman–Crippen LogP) is 2.71. The monoisotopic (exact) mass is 436 g/mol. The molecule has 0 aromatic carbocycles. The van der Waals surface area contributed by atoms with Crippen molar-refractivity contribution in [1.82, 2.24) is 15.0 Å². The van der Waals surface area contributed by atoms with Gasteiger partial charge in [0.2, 0.25) is 5.95 Å². The number of sulfonamides is 1. The lowest BCUT2D eigenvalue weighted by atomic mass is 10.3. The quantitative estimate of drug-likeness (QED) is 0.657. The molecule has 0 radical (unpaired) electrons. The van der Waals surface area contributed by atoms with Gasteiger partial charge in [0.1, 0.15) is 10.0 Å². The highest BCUT2D eigenvalue weighted by Crippen LogP contribution is 2.27. The molecule has 11 heteroatoms. The van der Waals surface area contributed by atoms with Gasteiger partial charge in [-0.2, -0.15) is 0 Å². The Labute approximate surface area is 171 Å². The summed E-state index contributed by atoms with van der Waals surface area (Å²) in [6.07, 6.45) is 4.73. The molecule has 28 heavy (non-hydrogen) atoms. The average Bonchev–Trinajstić information content (AvgIpc) is 3.17. The minimum absolute atomic E-state index is 0.146. The maximum atomic E-state index is 12.3. The second-order valence-corrected chi connectivity index (χ2v) is 9.72. The molecule has 0 unspecified atom stereocenters. The molecule has 8 nitrogen and oxygen atoms in total. The van der Waals surface area contributed by atoms with E-state index in [1.165, 1.54) is 18.5 Å². The summed E-state index contributed by atoms with van der Waals surface area (Å²) in [4.78, 5) is 17.3. The Morgan fingerprint density at radius 2 is 1.68 bits per heavy atom. The van der Waals surface area contributed by atoms with Gasteiger partial charge in [0.05, 0.1) is 22.4 Å². The van der Waals surface area contributed by atoms with E-state index in [0.717, 1.165) is 43.3 Å². The van der Waals surface area contributed by atoms with Gasteiger partial charge in [0.25, 0.3) is 10.0 Å². The maximum Gasteiger partial charge on any atom is 0.271 e. The Balaban J connectivity index is 1.39. The van der Waals surface area contributed by atoms with E-state index in [0.29, 0.717) is 16.0 Å². The Kier molecular flexibility index (Phi) is 5.33. The Hall–Kier alpha value is -2.43. The van der Waals surface area contributed by atoms with Gasteiger partial charge in [0, 0.05) is 32.4 Å². The SMILES string of the molecule is O=S(=O)(Nc1cnc(N2CCN(c3ccccn3)CC2)nc1)c1ccc(Cl)s1. The summed E-state index contributed by atoms with van der Waals surface area (Å²) in [5, 5.41) is 0. The Bertz CT molecular complexity index is 1040. The van der Waals surface area contributed by atoms with Crippen molar-refractivity contribution in [3.05, 3.63) is 53.3 Å². The zero-order chi connectivity index (χ0) is 19.6. The lowest BCUT2D eigenvalue weighted by Crippen LogP contribution is -2.47. The van der Waals surface area contributed by atoms with Crippen LogP contribution in [0.15, 0.2) is 53.1 Å². The fourth-order valence-corrected chi connectivity index (χ4v) is 5.37. The van der Waals surface area contributed by atoms with Gasteiger partial charge in [-0.15, -0.1) is 11.3 Å². The standard InChI is InChI=1S/C17H17ClN6O2S2/c18-14-4-5-16(27-14)28(25,26)22-13-11-20-17(21-12-13)24-9-7-23(8-10-24)15-3-1-2-6-19-15/h1-6,11-12,22H,7-10H2. The van der Waals surface area contributed by atoms with Crippen molar-refractivity contribution in [2.45, 2.75) is 4.21 Å². The molecule has 3 aromatic rings. The second kappa shape index (κ2) is 7.90. The number of halogens is 1. The molecular weight excluding hydrogens is 420 g/mol. The molecule has 4 rings (SSSR count). The smallest absolute Gasteiger partial charge is 0.271 e. The van der Waals surface area contributed by atoms with E-state index < -0.39 is 10.0 Å². The lowest BCUT2D eigenvalue weighted by Gasteiger charge is -2.35. The van der Waals surface area contributed by atoms with Crippen LogP contribution in [-0.4, -0.2) is 49.5 Å². The molecule has 1 N–H and O–H groups in total.